The average molecular weight is 249 g/mol. The van der Waals surface area contributed by atoms with Gasteiger partial charge in [0.2, 0.25) is 0 Å². The highest BCUT2D eigenvalue weighted by molar-refractivity contribution is 5.53. The maximum Gasteiger partial charge on any atom is 0.171 e. The molecule has 1 aliphatic heterocycles. The lowest BCUT2D eigenvalue weighted by atomic mass is 10.1. The van der Waals surface area contributed by atoms with Crippen molar-refractivity contribution < 1.29 is 4.74 Å². The minimum Gasteiger partial charge on any atom is -0.490 e. The molecule has 0 amide bonds. The third-order valence-corrected chi connectivity index (χ3v) is 3.31. The summed E-state index contributed by atoms with van der Waals surface area (Å²) in [6, 6.07) is 4.47. The Morgan fingerprint density at radius 3 is 3.17 bits per heavy atom. The van der Waals surface area contributed by atoms with Gasteiger partial charge in [0, 0.05) is 31.9 Å². The summed E-state index contributed by atoms with van der Waals surface area (Å²) in [5.41, 5.74) is 0. The van der Waals surface area contributed by atoms with Crippen LogP contribution in [0.25, 0.3) is 0 Å². The Morgan fingerprint density at radius 1 is 1.50 bits per heavy atom. The number of pyridine rings is 1. The highest BCUT2D eigenvalue weighted by atomic mass is 16.5. The molecule has 4 nitrogen and oxygen atoms in total. The van der Waals surface area contributed by atoms with Crippen LogP contribution in [-0.2, 0) is 0 Å². The van der Waals surface area contributed by atoms with Crippen LogP contribution in [0, 0.1) is 0 Å². The minimum atomic E-state index is 0.512. The largest absolute Gasteiger partial charge is 0.490 e. The molecule has 2 heterocycles. The van der Waals surface area contributed by atoms with Gasteiger partial charge in [-0.2, -0.15) is 0 Å². The van der Waals surface area contributed by atoms with Crippen molar-refractivity contribution in [1.29, 1.82) is 0 Å². The number of hydrogen-bond acceptors (Lipinski definition) is 4. The Bertz CT molecular complexity index is 370. The number of anilines is 1. The zero-order valence-corrected chi connectivity index (χ0v) is 11.4. The summed E-state index contributed by atoms with van der Waals surface area (Å²) >= 11 is 0. The summed E-state index contributed by atoms with van der Waals surface area (Å²) in [4.78, 5) is 6.90. The zero-order valence-electron chi connectivity index (χ0n) is 11.4. The molecule has 1 aliphatic rings. The molecule has 4 heteroatoms. The molecule has 1 aromatic heterocycles. The van der Waals surface area contributed by atoms with E-state index in [0.717, 1.165) is 50.7 Å². The van der Waals surface area contributed by atoms with E-state index in [4.69, 9.17) is 4.74 Å². The van der Waals surface area contributed by atoms with Gasteiger partial charge < -0.3 is 15.0 Å². The molecule has 0 bridgehead atoms. The van der Waals surface area contributed by atoms with Crippen molar-refractivity contribution in [2.75, 3.05) is 31.1 Å². The number of aromatic nitrogens is 1. The molecule has 0 aromatic carbocycles. The van der Waals surface area contributed by atoms with E-state index < -0.39 is 0 Å². The van der Waals surface area contributed by atoms with E-state index in [1.54, 1.807) is 0 Å². The molecule has 0 radical (unpaired) electrons. The van der Waals surface area contributed by atoms with Gasteiger partial charge in [-0.3, -0.25) is 0 Å². The topological polar surface area (TPSA) is 37.4 Å². The predicted octanol–water partition coefficient (Wildman–Crippen LogP) is 2.06. The number of rotatable bonds is 5. The van der Waals surface area contributed by atoms with Gasteiger partial charge >= 0.3 is 0 Å². The van der Waals surface area contributed by atoms with Gasteiger partial charge in [0.1, 0.15) is 0 Å². The zero-order chi connectivity index (χ0) is 12.8. The standard InChI is InChI=1S/C14H23N3O/c1-3-10-18-13-6-5-7-16-14(13)17-9-8-15-11-12(17)4-2/h5-7,12,15H,3-4,8-11H2,1-2H3. The molecular formula is C14H23N3O. The highest BCUT2D eigenvalue weighted by Crippen LogP contribution is 2.28. The molecule has 0 spiro atoms. The van der Waals surface area contributed by atoms with Crippen LogP contribution in [-0.4, -0.2) is 37.3 Å². The van der Waals surface area contributed by atoms with Crippen molar-refractivity contribution in [1.82, 2.24) is 10.3 Å². The molecule has 1 saturated heterocycles. The molecular weight excluding hydrogens is 226 g/mol. The Balaban J connectivity index is 2.19. The molecule has 18 heavy (non-hydrogen) atoms. The SMILES string of the molecule is CCCOc1cccnc1N1CCNCC1CC. The summed E-state index contributed by atoms with van der Waals surface area (Å²) in [5, 5.41) is 3.44. The fraction of sp³-hybridized carbons (Fsp3) is 0.643. The van der Waals surface area contributed by atoms with Crippen LogP contribution < -0.4 is 15.0 Å². The van der Waals surface area contributed by atoms with Gasteiger partial charge in [-0.25, -0.2) is 4.98 Å². The molecule has 0 aliphatic carbocycles. The number of nitrogens with one attached hydrogen (secondary N) is 1. The second kappa shape index (κ2) is 6.59. The normalized spacial score (nSPS) is 19.9. The van der Waals surface area contributed by atoms with Crippen LogP contribution in [0.15, 0.2) is 18.3 Å². The third-order valence-electron chi connectivity index (χ3n) is 3.31. The maximum absolute atomic E-state index is 5.81. The van der Waals surface area contributed by atoms with E-state index in [9.17, 15) is 0 Å². The fourth-order valence-corrected chi connectivity index (χ4v) is 2.33. The summed E-state index contributed by atoms with van der Waals surface area (Å²) in [5.74, 6) is 1.92. The van der Waals surface area contributed by atoms with Gasteiger partial charge in [0.05, 0.1) is 6.61 Å². The van der Waals surface area contributed by atoms with Gasteiger partial charge in [-0.1, -0.05) is 13.8 Å². The lowest BCUT2D eigenvalue weighted by Crippen LogP contribution is -2.51. The first kappa shape index (κ1) is 13.1. The van der Waals surface area contributed by atoms with Crippen molar-refractivity contribution >= 4 is 5.82 Å². The van der Waals surface area contributed by atoms with Crippen molar-refractivity contribution in [3.8, 4) is 5.75 Å². The average Bonchev–Trinajstić information content (AvgIpc) is 2.45. The lowest BCUT2D eigenvalue weighted by molar-refractivity contribution is 0.314. The first-order valence-electron chi connectivity index (χ1n) is 6.92. The molecule has 1 fully saturated rings. The maximum atomic E-state index is 5.81. The number of hydrogen-bond donors (Lipinski definition) is 1. The van der Waals surface area contributed by atoms with E-state index in [-0.39, 0.29) is 0 Å². The van der Waals surface area contributed by atoms with E-state index in [1.165, 1.54) is 0 Å². The van der Waals surface area contributed by atoms with Crippen LogP contribution in [0.1, 0.15) is 26.7 Å². The van der Waals surface area contributed by atoms with E-state index in [0.29, 0.717) is 6.04 Å². The van der Waals surface area contributed by atoms with Gasteiger partial charge in [-0.15, -0.1) is 0 Å². The van der Waals surface area contributed by atoms with Crippen molar-refractivity contribution in [2.45, 2.75) is 32.7 Å². The highest BCUT2D eigenvalue weighted by Gasteiger charge is 2.24. The molecule has 0 saturated carbocycles. The number of nitrogens with zero attached hydrogens (tertiary/aromatic N) is 2. The summed E-state index contributed by atoms with van der Waals surface area (Å²) in [7, 11) is 0. The van der Waals surface area contributed by atoms with Crippen LogP contribution >= 0.6 is 0 Å². The fourth-order valence-electron chi connectivity index (χ4n) is 2.33. The Kier molecular flexibility index (Phi) is 4.81. The summed E-state index contributed by atoms with van der Waals surface area (Å²) < 4.78 is 5.81. The molecule has 1 aromatic rings. The molecule has 2 rings (SSSR count). The second-order valence-corrected chi connectivity index (χ2v) is 4.63. The Hall–Kier alpha value is -1.29. The van der Waals surface area contributed by atoms with Crippen molar-refractivity contribution in [3.05, 3.63) is 18.3 Å². The minimum absolute atomic E-state index is 0.512. The predicted molar refractivity (Wildman–Crippen MR) is 74.3 cm³/mol. The van der Waals surface area contributed by atoms with E-state index >= 15 is 0 Å². The Labute approximate surface area is 109 Å². The van der Waals surface area contributed by atoms with Crippen LogP contribution in [0.4, 0.5) is 5.82 Å². The molecule has 1 N–H and O–H groups in total. The van der Waals surface area contributed by atoms with Gasteiger partial charge in [0.25, 0.3) is 0 Å². The molecule has 1 atom stereocenters. The second-order valence-electron chi connectivity index (χ2n) is 4.63. The molecule has 1 unspecified atom stereocenters. The van der Waals surface area contributed by atoms with Crippen LogP contribution in [0.2, 0.25) is 0 Å². The van der Waals surface area contributed by atoms with E-state index in [2.05, 4.69) is 29.0 Å². The van der Waals surface area contributed by atoms with Crippen molar-refractivity contribution in [2.24, 2.45) is 0 Å². The van der Waals surface area contributed by atoms with Crippen molar-refractivity contribution in [3.63, 3.8) is 0 Å². The quantitative estimate of drug-likeness (QED) is 0.866. The first-order chi connectivity index (χ1) is 8.86. The smallest absolute Gasteiger partial charge is 0.171 e. The first-order valence-corrected chi connectivity index (χ1v) is 6.92. The summed E-state index contributed by atoms with van der Waals surface area (Å²) in [6.07, 6.45) is 3.99. The number of ether oxygens (including phenoxy) is 1. The Morgan fingerprint density at radius 2 is 2.39 bits per heavy atom. The summed E-state index contributed by atoms with van der Waals surface area (Å²) in [6.45, 7) is 8.13. The molecule has 100 valence electrons. The van der Waals surface area contributed by atoms with E-state index in [1.807, 2.05) is 18.3 Å². The number of piperazine rings is 1. The van der Waals surface area contributed by atoms with Gasteiger partial charge in [-0.05, 0) is 25.0 Å². The lowest BCUT2D eigenvalue weighted by Gasteiger charge is -2.37. The van der Waals surface area contributed by atoms with Crippen LogP contribution in [0.5, 0.6) is 5.75 Å². The monoisotopic (exact) mass is 249 g/mol. The third kappa shape index (κ3) is 2.93. The van der Waals surface area contributed by atoms with Crippen LogP contribution in [0.3, 0.4) is 0 Å². The van der Waals surface area contributed by atoms with Gasteiger partial charge in [0.15, 0.2) is 11.6 Å².